The average molecular weight is 275 g/mol. The van der Waals surface area contributed by atoms with Crippen LogP contribution in [0, 0.1) is 6.92 Å². The minimum absolute atomic E-state index is 0.106. The van der Waals surface area contributed by atoms with Crippen molar-refractivity contribution in [3.63, 3.8) is 0 Å². The van der Waals surface area contributed by atoms with Crippen LogP contribution in [0.15, 0.2) is 23.8 Å². The summed E-state index contributed by atoms with van der Waals surface area (Å²) in [4.78, 5) is 4.24. The molecule has 1 N–H and O–H groups in total. The Morgan fingerprint density at radius 3 is 2.40 bits per heavy atom. The van der Waals surface area contributed by atoms with Gasteiger partial charge in [0.15, 0.2) is 0 Å². The molecular formula is C15H22BNO3. The van der Waals surface area contributed by atoms with Crippen LogP contribution >= 0.6 is 0 Å². The van der Waals surface area contributed by atoms with Gasteiger partial charge in [-0.05, 0) is 51.7 Å². The van der Waals surface area contributed by atoms with Crippen LogP contribution in [0.25, 0.3) is 6.08 Å². The van der Waals surface area contributed by atoms with Crippen LogP contribution in [0.4, 0.5) is 0 Å². The van der Waals surface area contributed by atoms with E-state index >= 15 is 0 Å². The third kappa shape index (κ3) is 2.80. The summed E-state index contributed by atoms with van der Waals surface area (Å²) in [5, 5.41) is 9.63. The van der Waals surface area contributed by atoms with E-state index in [1.54, 1.807) is 6.20 Å². The summed E-state index contributed by atoms with van der Waals surface area (Å²) in [5.74, 6) is 0. The molecule has 0 radical (unpaired) electrons. The molecule has 0 bridgehead atoms. The highest BCUT2D eigenvalue weighted by molar-refractivity contribution is 6.55. The predicted octanol–water partition coefficient (Wildman–Crippen LogP) is 2.40. The first kappa shape index (κ1) is 15.2. The fraction of sp³-hybridized carbons (Fsp3) is 0.533. The SMILES string of the molecule is Cc1ncccc1C=C(CO)B1OC(C)(C)C(C)(C)O1. The summed E-state index contributed by atoms with van der Waals surface area (Å²) >= 11 is 0. The Hall–Kier alpha value is -1.17. The van der Waals surface area contributed by atoms with Crippen molar-refractivity contribution in [2.24, 2.45) is 0 Å². The number of aliphatic hydroxyl groups excluding tert-OH is 1. The van der Waals surface area contributed by atoms with Gasteiger partial charge in [0.1, 0.15) is 0 Å². The maximum atomic E-state index is 9.63. The summed E-state index contributed by atoms with van der Waals surface area (Å²) in [6.07, 6.45) is 3.64. The second kappa shape index (κ2) is 5.32. The monoisotopic (exact) mass is 275 g/mol. The lowest BCUT2D eigenvalue weighted by molar-refractivity contribution is 0.00578. The normalized spacial score (nSPS) is 21.3. The van der Waals surface area contributed by atoms with Gasteiger partial charge >= 0.3 is 7.12 Å². The topological polar surface area (TPSA) is 51.6 Å². The summed E-state index contributed by atoms with van der Waals surface area (Å²) in [6, 6.07) is 3.83. The quantitative estimate of drug-likeness (QED) is 0.860. The number of aryl methyl sites for hydroxylation is 1. The average Bonchev–Trinajstić information content (AvgIpc) is 2.57. The van der Waals surface area contributed by atoms with Crippen molar-refractivity contribution >= 4 is 13.2 Å². The molecule has 0 unspecified atom stereocenters. The van der Waals surface area contributed by atoms with Crippen molar-refractivity contribution in [1.29, 1.82) is 0 Å². The van der Waals surface area contributed by atoms with Crippen molar-refractivity contribution in [3.05, 3.63) is 35.1 Å². The lowest BCUT2D eigenvalue weighted by Crippen LogP contribution is -2.41. The van der Waals surface area contributed by atoms with E-state index in [2.05, 4.69) is 4.98 Å². The smallest absolute Gasteiger partial charge is 0.400 e. The van der Waals surface area contributed by atoms with E-state index in [0.29, 0.717) is 5.47 Å². The molecule has 1 aromatic heterocycles. The van der Waals surface area contributed by atoms with E-state index in [1.165, 1.54) is 0 Å². The van der Waals surface area contributed by atoms with Crippen molar-refractivity contribution in [3.8, 4) is 0 Å². The molecular weight excluding hydrogens is 253 g/mol. The molecule has 20 heavy (non-hydrogen) atoms. The molecule has 1 aliphatic rings. The summed E-state index contributed by atoms with van der Waals surface area (Å²) in [7, 11) is -0.524. The largest absolute Gasteiger partial charge is 0.492 e. The third-order valence-electron chi connectivity index (χ3n) is 4.13. The fourth-order valence-corrected chi connectivity index (χ4v) is 2.03. The standard InChI is InChI=1S/C15H22BNO3/c1-11-12(7-6-8-17-11)9-13(10-18)16-19-14(2,3)15(4,5)20-16/h6-9,18H,10H2,1-5H3. The van der Waals surface area contributed by atoms with Crippen LogP contribution in [-0.4, -0.2) is 35.0 Å². The molecule has 1 aromatic rings. The van der Waals surface area contributed by atoms with E-state index in [0.717, 1.165) is 11.3 Å². The number of pyridine rings is 1. The number of hydrogen-bond donors (Lipinski definition) is 1. The van der Waals surface area contributed by atoms with Gasteiger partial charge in [-0.15, -0.1) is 0 Å². The molecule has 1 saturated heterocycles. The Morgan fingerprint density at radius 1 is 1.30 bits per heavy atom. The minimum atomic E-state index is -0.524. The molecule has 1 aliphatic heterocycles. The molecule has 0 amide bonds. The second-order valence-electron chi connectivity index (χ2n) is 6.14. The zero-order valence-corrected chi connectivity index (χ0v) is 12.8. The van der Waals surface area contributed by atoms with Crippen molar-refractivity contribution in [2.45, 2.75) is 45.8 Å². The van der Waals surface area contributed by atoms with Crippen LogP contribution in [0.1, 0.15) is 39.0 Å². The number of rotatable bonds is 3. The highest BCUT2D eigenvalue weighted by atomic mass is 16.7. The molecule has 5 heteroatoms. The highest BCUT2D eigenvalue weighted by Gasteiger charge is 2.52. The van der Waals surface area contributed by atoms with Gasteiger partial charge in [-0.1, -0.05) is 12.1 Å². The number of nitrogens with zero attached hydrogens (tertiary/aromatic N) is 1. The number of aromatic nitrogens is 1. The summed E-state index contributed by atoms with van der Waals surface area (Å²) < 4.78 is 11.9. The molecule has 0 aromatic carbocycles. The third-order valence-corrected chi connectivity index (χ3v) is 4.13. The Morgan fingerprint density at radius 2 is 1.90 bits per heavy atom. The Bertz CT molecular complexity index is 510. The van der Waals surface area contributed by atoms with Crippen molar-refractivity contribution in [2.75, 3.05) is 6.61 Å². The van der Waals surface area contributed by atoms with E-state index in [9.17, 15) is 5.11 Å². The van der Waals surface area contributed by atoms with Crippen LogP contribution in [0.5, 0.6) is 0 Å². The van der Waals surface area contributed by atoms with Gasteiger partial charge in [0.25, 0.3) is 0 Å². The van der Waals surface area contributed by atoms with Crippen LogP contribution < -0.4 is 0 Å². The first-order chi connectivity index (χ1) is 9.27. The minimum Gasteiger partial charge on any atom is -0.400 e. The maximum Gasteiger partial charge on any atom is 0.492 e. The lowest BCUT2D eigenvalue weighted by atomic mass is 9.77. The number of aliphatic hydroxyl groups is 1. The van der Waals surface area contributed by atoms with Crippen LogP contribution in [0.2, 0.25) is 0 Å². The van der Waals surface area contributed by atoms with Gasteiger partial charge in [-0.3, -0.25) is 4.98 Å². The Labute approximate surface area is 121 Å². The zero-order valence-electron chi connectivity index (χ0n) is 12.8. The molecule has 2 rings (SSSR count). The first-order valence-electron chi connectivity index (χ1n) is 6.85. The zero-order chi connectivity index (χ0) is 15.0. The van der Waals surface area contributed by atoms with Gasteiger partial charge in [0, 0.05) is 11.9 Å². The summed E-state index contributed by atoms with van der Waals surface area (Å²) in [6.45, 7) is 9.82. The number of hydrogen-bond acceptors (Lipinski definition) is 4. The van der Waals surface area contributed by atoms with Gasteiger partial charge in [0.05, 0.1) is 17.8 Å². The van der Waals surface area contributed by atoms with Gasteiger partial charge in [-0.2, -0.15) is 0 Å². The van der Waals surface area contributed by atoms with E-state index in [1.807, 2.05) is 52.8 Å². The molecule has 0 atom stereocenters. The Balaban J connectivity index is 2.29. The summed E-state index contributed by atoms with van der Waals surface area (Å²) in [5.41, 5.74) is 1.77. The van der Waals surface area contributed by atoms with Gasteiger partial charge in [0.2, 0.25) is 0 Å². The van der Waals surface area contributed by atoms with Crippen molar-refractivity contribution < 1.29 is 14.4 Å². The van der Waals surface area contributed by atoms with E-state index in [4.69, 9.17) is 9.31 Å². The lowest BCUT2D eigenvalue weighted by Gasteiger charge is -2.32. The molecule has 2 heterocycles. The first-order valence-corrected chi connectivity index (χ1v) is 6.85. The molecule has 4 nitrogen and oxygen atoms in total. The predicted molar refractivity (Wildman–Crippen MR) is 80.1 cm³/mol. The molecule has 0 spiro atoms. The van der Waals surface area contributed by atoms with E-state index in [-0.39, 0.29) is 6.61 Å². The van der Waals surface area contributed by atoms with Crippen molar-refractivity contribution in [1.82, 2.24) is 4.98 Å². The van der Waals surface area contributed by atoms with Gasteiger partial charge < -0.3 is 14.4 Å². The van der Waals surface area contributed by atoms with Crippen LogP contribution in [0.3, 0.4) is 0 Å². The molecule has 108 valence electrons. The fourth-order valence-electron chi connectivity index (χ4n) is 2.03. The highest BCUT2D eigenvalue weighted by Crippen LogP contribution is 2.38. The molecule has 0 saturated carbocycles. The second-order valence-corrected chi connectivity index (χ2v) is 6.14. The molecule has 1 fully saturated rings. The molecule has 0 aliphatic carbocycles. The van der Waals surface area contributed by atoms with Gasteiger partial charge in [-0.25, -0.2) is 0 Å². The maximum absolute atomic E-state index is 9.63. The van der Waals surface area contributed by atoms with Crippen LogP contribution in [-0.2, 0) is 9.31 Å². The van der Waals surface area contributed by atoms with E-state index < -0.39 is 18.3 Å². The Kier molecular flexibility index (Phi) is 4.05.